The Bertz CT molecular complexity index is 1470. The first kappa shape index (κ1) is 27.2. The molecule has 0 spiro atoms. The third-order valence-electron chi connectivity index (χ3n) is 8.45. The van der Waals surface area contributed by atoms with Crippen LogP contribution in [0.1, 0.15) is 37.3 Å². The van der Waals surface area contributed by atoms with Gasteiger partial charge in [0.2, 0.25) is 5.91 Å². The van der Waals surface area contributed by atoms with E-state index in [0.717, 1.165) is 85.3 Å². The van der Waals surface area contributed by atoms with Gasteiger partial charge in [-0.15, -0.1) is 0 Å². The van der Waals surface area contributed by atoms with Crippen molar-refractivity contribution in [2.24, 2.45) is 0 Å². The largest absolute Gasteiger partial charge is 0.489 e. The highest BCUT2D eigenvalue weighted by molar-refractivity contribution is 6.00. The summed E-state index contributed by atoms with van der Waals surface area (Å²) in [5.74, 6) is 1.42. The van der Waals surface area contributed by atoms with Gasteiger partial charge in [0.05, 0.1) is 11.9 Å². The number of hydrogen-bond donors (Lipinski definition) is 2. The Morgan fingerprint density at radius 3 is 2.56 bits per heavy atom. The number of likely N-dealkylation sites (N-methyl/N-ethyl adjacent to an activating group) is 1. The Morgan fingerprint density at radius 2 is 1.78 bits per heavy atom. The van der Waals surface area contributed by atoms with E-state index in [2.05, 4.69) is 67.2 Å². The van der Waals surface area contributed by atoms with Crippen molar-refractivity contribution in [3.8, 4) is 16.9 Å². The number of nitrogen functional groups attached to an aromatic ring is 1. The quantitative estimate of drug-likeness (QED) is 0.339. The molecule has 9 heteroatoms. The van der Waals surface area contributed by atoms with Crippen LogP contribution in [0.5, 0.6) is 5.75 Å². The molecule has 0 unspecified atom stereocenters. The number of nitrogens with one attached hydrogen (secondary N) is 1. The Balaban J connectivity index is 1.14. The minimum absolute atomic E-state index is 0.140. The molecule has 214 valence electrons. The molecular formula is C32H39N7O2. The number of piperazine rings is 1. The van der Waals surface area contributed by atoms with Gasteiger partial charge in [-0.1, -0.05) is 42.5 Å². The van der Waals surface area contributed by atoms with Crippen LogP contribution in [0.3, 0.4) is 0 Å². The standard InChI is InChI=1S/C32H39N7O2/c1-37-14-16-38(17-15-37)20-29(40)36-25-10-12-26(13-11-25)39-19-28(30-31(33)34-22-35-32(30)39)24-8-5-9-27(18-24)41-21-23-6-3-2-4-7-23/h2-9,18-19,22,25-26H,10-17,20-21H2,1H3,(H,36,40)(H2,33,34,35)/t25-,26+. The van der Waals surface area contributed by atoms with Crippen LogP contribution in [0.15, 0.2) is 67.1 Å². The Kier molecular flexibility index (Phi) is 8.16. The number of nitrogens with zero attached hydrogens (tertiary/aromatic N) is 5. The molecule has 1 saturated heterocycles. The second-order valence-electron chi connectivity index (χ2n) is 11.4. The topological polar surface area (TPSA) is 102 Å². The lowest BCUT2D eigenvalue weighted by atomic mass is 9.91. The molecule has 9 nitrogen and oxygen atoms in total. The monoisotopic (exact) mass is 553 g/mol. The Labute approximate surface area is 241 Å². The fraction of sp³-hybridized carbons (Fsp3) is 0.406. The molecule has 6 rings (SSSR count). The number of carbonyl (C=O) groups is 1. The van der Waals surface area contributed by atoms with E-state index >= 15 is 0 Å². The van der Waals surface area contributed by atoms with Crippen molar-refractivity contribution < 1.29 is 9.53 Å². The molecule has 0 atom stereocenters. The number of anilines is 1. The summed E-state index contributed by atoms with van der Waals surface area (Å²) in [6, 6.07) is 18.8. The van der Waals surface area contributed by atoms with Crippen LogP contribution in [0, 0.1) is 0 Å². The van der Waals surface area contributed by atoms with Gasteiger partial charge in [-0.25, -0.2) is 9.97 Å². The molecule has 2 aliphatic rings. The summed E-state index contributed by atoms with van der Waals surface area (Å²) in [4.78, 5) is 26.3. The molecule has 1 aliphatic heterocycles. The molecule has 2 aromatic carbocycles. The lowest BCUT2D eigenvalue weighted by Crippen LogP contribution is -2.49. The molecule has 1 amide bonds. The first-order chi connectivity index (χ1) is 20.0. The number of fused-ring (bicyclic) bond motifs is 1. The summed E-state index contributed by atoms with van der Waals surface area (Å²) >= 11 is 0. The first-order valence-corrected chi connectivity index (χ1v) is 14.6. The van der Waals surface area contributed by atoms with Crippen molar-refractivity contribution >= 4 is 22.8 Å². The minimum atomic E-state index is 0.140. The van der Waals surface area contributed by atoms with E-state index in [0.29, 0.717) is 19.0 Å². The van der Waals surface area contributed by atoms with Crippen LogP contribution in [0.4, 0.5) is 5.82 Å². The molecule has 41 heavy (non-hydrogen) atoms. The fourth-order valence-corrected chi connectivity index (χ4v) is 6.08. The number of benzene rings is 2. The second-order valence-corrected chi connectivity index (χ2v) is 11.4. The van der Waals surface area contributed by atoms with E-state index in [1.807, 2.05) is 30.3 Å². The average Bonchev–Trinajstić information content (AvgIpc) is 3.39. The first-order valence-electron chi connectivity index (χ1n) is 14.6. The normalized spacial score (nSPS) is 20.2. The third kappa shape index (κ3) is 6.36. The van der Waals surface area contributed by atoms with E-state index in [4.69, 9.17) is 10.5 Å². The van der Waals surface area contributed by atoms with Crippen molar-refractivity contribution in [1.82, 2.24) is 29.7 Å². The van der Waals surface area contributed by atoms with Crippen LogP contribution < -0.4 is 15.8 Å². The second kappa shape index (κ2) is 12.3. The summed E-state index contributed by atoms with van der Waals surface area (Å²) in [6.07, 6.45) is 7.53. The van der Waals surface area contributed by atoms with Gasteiger partial charge in [0, 0.05) is 50.0 Å². The predicted molar refractivity (Wildman–Crippen MR) is 162 cm³/mol. The zero-order valence-corrected chi connectivity index (χ0v) is 23.7. The van der Waals surface area contributed by atoms with Crippen LogP contribution >= 0.6 is 0 Å². The number of nitrogens with two attached hydrogens (primary N) is 1. The van der Waals surface area contributed by atoms with E-state index < -0.39 is 0 Å². The maximum atomic E-state index is 12.7. The molecule has 1 saturated carbocycles. The molecular weight excluding hydrogens is 514 g/mol. The molecule has 0 bridgehead atoms. The minimum Gasteiger partial charge on any atom is -0.489 e. The van der Waals surface area contributed by atoms with E-state index in [9.17, 15) is 4.79 Å². The van der Waals surface area contributed by atoms with Gasteiger partial charge in [-0.3, -0.25) is 9.69 Å². The van der Waals surface area contributed by atoms with Crippen LogP contribution in [-0.2, 0) is 11.4 Å². The molecule has 1 aliphatic carbocycles. The lowest BCUT2D eigenvalue weighted by molar-refractivity contribution is -0.123. The van der Waals surface area contributed by atoms with Gasteiger partial charge < -0.3 is 25.3 Å². The van der Waals surface area contributed by atoms with Crippen molar-refractivity contribution in [3.05, 3.63) is 72.7 Å². The molecule has 3 N–H and O–H groups in total. The molecule has 3 heterocycles. The number of carbonyl (C=O) groups excluding carboxylic acids is 1. The molecule has 2 fully saturated rings. The Morgan fingerprint density at radius 1 is 1.00 bits per heavy atom. The van der Waals surface area contributed by atoms with Gasteiger partial charge in [0.1, 0.15) is 30.1 Å². The number of ether oxygens (including phenoxy) is 1. The lowest BCUT2D eigenvalue weighted by Gasteiger charge is -2.33. The van der Waals surface area contributed by atoms with Crippen LogP contribution in [-0.4, -0.2) is 76.1 Å². The zero-order valence-electron chi connectivity index (χ0n) is 23.7. The summed E-state index contributed by atoms with van der Waals surface area (Å²) in [7, 11) is 2.13. The van der Waals surface area contributed by atoms with Crippen molar-refractivity contribution in [2.75, 3.05) is 45.5 Å². The summed E-state index contributed by atoms with van der Waals surface area (Å²) in [6.45, 7) is 4.93. The highest BCUT2D eigenvalue weighted by Crippen LogP contribution is 2.39. The molecule has 0 radical (unpaired) electrons. The number of rotatable bonds is 8. The van der Waals surface area contributed by atoms with Gasteiger partial charge in [0.15, 0.2) is 0 Å². The number of aromatic nitrogens is 3. The fourth-order valence-electron chi connectivity index (χ4n) is 6.08. The highest BCUT2D eigenvalue weighted by atomic mass is 16.5. The van der Waals surface area contributed by atoms with Gasteiger partial charge in [-0.05, 0) is 56.0 Å². The number of amides is 1. The smallest absolute Gasteiger partial charge is 0.234 e. The average molecular weight is 554 g/mol. The highest BCUT2D eigenvalue weighted by Gasteiger charge is 2.27. The number of hydrogen-bond acceptors (Lipinski definition) is 7. The van der Waals surface area contributed by atoms with Gasteiger partial charge in [0.25, 0.3) is 0 Å². The van der Waals surface area contributed by atoms with Gasteiger partial charge >= 0.3 is 0 Å². The maximum absolute atomic E-state index is 12.7. The van der Waals surface area contributed by atoms with E-state index in [-0.39, 0.29) is 18.0 Å². The van der Waals surface area contributed by atoms with Crippen LogP contribution in [0.25, 0.3) is 22.2 Å². The molecule has 2 aromatic heterocycles. The van der Waals surface area contributed by atoms with Crippen molar-refractivity contribution in [3.63, 3.8) is 0 Å². The Hall–Kier alpha value is -3.95. The van der Waals surface area contributed by atoms with Crippen molar-refractivity contribution in [2.45, 2.75) is 44.4 Å². The summed E-state index contributed by atoms with van der Waals surface area (Å²) in [5.41, 5.74) is 10.4. The zero-order chi connectivity index (χ0) is 28.2. The van der Waals surface area contributed by atoms with E-state index in [1.54, 1.807) is 6.33 Å². The van der Waals surface area contributed by atoms with E-state index in [1.165, 1.54) is 0 Å². The van der Waals surface area contributed by atoms with Gasteiger partial charge in [-0.2, -0.15) is 0 Å². The van der Waals surface area contributed by atoms with Crippen LogP contribution in [0.2, 0.25) is 0 Å². The SMILES string of the molecule is CN1CCN(CC(=O)N[C@H]2CC[C@@H](n3cc(-c4cccc(OCc5ccccc5)c4)c4c(N)ncnc43)CC2)CC1. The third-order valence-corrected chi connectivity index (χ3v) is 8.45. The van der Waals surface area contributed by atoms with Crippen molar-refractivity contribution in [1.29, 1.82) is 0 Å². The summed E-state index contributed by atoms with van der Waals surface area (Å²) < 4.78 is 8.37. The predicted octanol–water partition coefficient (Wildman–Crippen LogP) is 4.11. The summed E-state index contributed by atoms with van der Waals surface area (Å²) in [5, 5.41) is 4.16. The molecule has 4 aromatic rings. The maximum Gasteiger partial charge on any atom is 0.234 e.